The number of hydroxylamine groups is 1. The quantitative estimate of drug-likeness (QED) is 0.417. The maximum atomic E-state index is 10.4. The predicted molar refractivity (Wildman–Crippen MR) is 31.1 cm³/mol. The van der Waals surface area contributed by atoms with Crippen molar-refractivity contribution >= 4 is 6.21 Å². The van der Waals surface area contributed by atoms with E-state index in [1.807, 2.05) is 0 Å². The Morgan fingerprint density at radius 3 is 3.00 bits per heavy atom. The Kier molecular flexibility index (Phi) is 1.56. The van der Waals surface area contributed by atoms with Crippen LogP contribution in [0.15, 0.2) is 29.5 Å². The first-order valence-electron chi connectivity index (χ1n) is 2.31. The summed E-state index contributed by atoms with van der Waals surface area (Å²) in [5.41, 5.74) is 0. The highest BCUT2D eigenvalue weighted by molar-refractivity contribution is 5.70. The van der Waals surface area contributed by atoms with Gasteiger partial charge in [-0.2, -0.15) is 0 Å². The van der Waals surface area contributed by atoms with Gasteiger partial charge < -0.3 is 5.21 Å². The lowest BCUT2D eigenvalue weighted by Gasteiger charge is -2.04. The first kappa shape index (κ1) is 5.21. The Morgan fingerprint density at radius 2 is 2.12 bits per heavy atom. The second-order valence-electron chi connectivity index (χ2n) is 1.36. The highest BCUT2D eigenvalue weighted by atomic mass is 16.5. The zero-order chi connectivity index (χ0) is 5.82. The molecule has 1 aliphatic rings. The minimum absolute atomic E-state index is 0.199. The van der Waals surface area contributed by atoms with Crippen molar-refractivity contribution in [2.75, 3.05) is 0 Å². The molecule has 1 N–H and O–H groups in total. The van der Waals surface area contributed by atoms with Gasteiger partial charge in [0.05, 0.1) is 6.21 Å². The van der Waals surface area contributed by atoms with E-state index >= 15 is 0 Å². The Bertz CT molecular complexity index is 133. The van der Waals surface area contributed by atoms with Gasteiger partial charge in [-0.25, -0.2) is 5.17 Å². The van der Waals surface area contributed by atoms with Gasteiger partial charge in [-0.05, 0) is 12.2 Å². The van der Waals surface area contributed by atoms with Crippen molar-refractivity contribution in [3.8, 4) is 0 Å². The number of hydrogen-bond donors (Lipinski definition) is 1. The van der Waals surface area contributed by atoms with Crippen LogP contribution in [0.25, 0.3) is 0 Å². The highest BCUT2D eigenvalue weighted by Gasteiger charge is 1.82. The molecule has 0 spiro atoms. The minimum atomic E-state index is -0.199. The molecule has 0 aliphatic carbocycles. The molecule has 0 saturated heterocycles. The Morgan fingerprint density at radius 1 is 1.25 bits per heavy atom. The molecule has 0 aromatic rings. The largest absolute Gasteiger partial charge is 0.601 e. The lowest BCUT2D eigenvalue weighted by molar-refractivity contribution is -0.797. The van der Waals surface area contributed by atoms with E-state index in [-0.39, 0.29) is 5.17 Å². The average molecular weight is 110 g/mol. The molecule has 0 aromatic carbocycles. The van der Waals surface area contributed by atoms with E-state index in [4.69, 9.17) is 0 Å². The van der Waals surface area contributed by atoms with Gasteiger partial charge in [0.15, 0.2) is 0 Å². The SMILES string of the molecule is [O-][NH+]1C=CC=CC=N1. The van der Waals surface area contributed by atoms with Gasteiger partial charge in [0.25, 0.3) is 0 Å². The summed E-state index contributed by atoms with van der Waals surface area (Å²) in [7, 11) is 0. The minimum Gasteiger partial charge on any atom is -0.601 e. The van der Waals surface area contributed by atoms with Crippen LogP contribution in [0, 0.1) is 5.21 Å². The summed E-state index contributed by atoms with van der Waals surface area (Å²) < 4.78 is 0. The molecular formula is C5H6N2O. The summed E-state index contributed by atoms with van der Waals surface area (Å²) in [6, 6.07) is 0. The molecule has 42 valence electrons. The lowest BCUT2D eigenvalue weighted by Crippen LogP contribution is -2.96. The van der Waals surface area contributed by atoms with E-state index in [9.17, 15) is 5.21 Å². The molecule has 3 heteroatoms. The Labute approximate surface area is 47.2 Å². The van der Waals surface area contributed by atoms with Crippen LogP contribution in [-0.4, -0.2) is 6.21 Å². The number of allylic oxidation sites excluding steroid dienone is 3. The Hall–Kier alpha value is -0.930. The average Bonchev–Trinajstić information content (AvgIpc) is 1.94. The highest BCUT2D eigenvalue weighted by Crippen LogP contribution is 1.72. The van der Waals surface area contributed by atoms with Gasteiger partial charge in [0.2, 0.25) is 0 Å². The van der Waals surface area contributed by atoms with Crippen molar-refractivity contribution in [1.82, 2.24) is 0 Å². The zero-order valence-electron chi connectivity index (χ0n) is 4.24. The van der Waals surface area contributed by atoms with Gasteiger partial charge in [0, 0.05) is 0 Å². The fourth-order valence-electron chi connectivity index (χ4n) is 0.411. The summed E-state index contributed by atoms with van der Waals surface area (Å²) >= 11 is 0. The number of nitrogens with zero attached hydrogens (tertiary/aromatic N) is 1. The van der Waals surface area contributed by atoms with E-state index in [1.54, 1.807) is 18.2 Å². The smallest absolute Gasteiger partial charge is 0.121 e. The number of nitrogens with one attached hydrogen (secondary N) is 1. The molecular weight excluding hydrogens is 104 g/mol. The molecule has 0 radical (unpaired) electrons. The van der Waals surface area contributed by atoms with E-state index in [0.717, 1.165) is 0 Å². The van der Waals surface area contributed by atoms with Crippen LogP contribution in [0.2, 0.25) is 0 Å². The van der Waals surface area contributed by atoms with Crippen LogP contribution in [0.3, 0.4) is 0 Å². The second-order valence-corrected chi connectivity index (χ2v) is 1.36. The maximum Gasteiger partial charge on any atom is 0.121 e. The molecule has 1 rings (SSSR count). The molecule has 0 bridgehead atoms. The summed E-state index contributed by atoms with van der Waals surface area (Å²) in [5, 5.41) is 13.6. The van der Waals surface area contributed by atoms with Crippen molar-refractivity contribution in [3.63, 3.8) is 0 Å². The van der Waals surface area contributed by atoms with Crippen LogP contribution in [0.4, 0.5) is 0 Å². The van der Waals surface area contributed by atoms with E-state index < -0.39 is 0 Å². The fourth-order valence-corrected chi connectivity index (χ4v) is 0.411. The maximum absolute atomic E-state index is 10.4. The van der Waals surface area contributed by atoms with E-state index in [2.05, 4.69) is 5.10 Å². The number of hydrogen-bond acceptors (Lipinski definition) is 2. The standard InChI is InChI=1S/C5H6N2O/c8-7-5-3-1-2-4-6-7/h1-5,7H. The van der Waals surface area contributed by atoms with Crippen molar-refractivity contribution in [2.24, 2.45) is 5.10 Å². The fraction of sp³-hybridized carbons (Fsp3) is 0. The van der Waals surface area contributed by atoms with Crippen molar-refractivity contribution < 1.29 is 5.17 Å². The van der Waals surface area contributed by atoms with Gasteiger partial charge in [-0.15, -0.1) is 0 Å². The summed E-state index contributed by atoms with van der Waals surface area (Å²) in [4.78, 5) is 0. The molecule has 1 atom stereocenters. The van der Waals surface area contributed by atoms with Crippen LogP contribution in [0.5, 0.6) is 0 Å². The van der Waals surface area contributed by atoms with Gasteiger partial charge >= 0.3 is 0 Å². The third kappa shape index (κ3) is 1.29. The molecule has 0 aromatic heterocycles. The van der Waals surface area contributed by atoms with Crippen molar-refractivity contribution in [2.45, 2.75) is 0 Å². The summed E-state index contributed by atoms with van der Waals surface area (Å²) in [6.45, 7) is 0. The first-order chi connectivity index (χ1) is 3.89. The first-order valence-corrected chi connectivity index (χ1v) is 2.31. The van der Waals surface area contributed by atoms with Gasteiger partial charge in [-0.1, -0.05) is 11.2 Å². The van der Waals surface area contributed by atoms with E-state index in [0.29, 0.717) is 0 Å². The molecule has 0 amide bonds. The molecule has 0 fully saturated rings. The molecule has 3 nitrogen and oxygen atoms in total. The third-order valence-corrected chi connectivity index (χ3v) is 0.749. The van der Waals surface area contributed by atoms with Crippen molar-refractivity contribution in [1.29, 1.82) is 0 Å². The summed E-state index contributed by atoms with van der Waals surface area (Å²) in [6.07, 6.45) is 8.02. The Balaban J connectivity index is 2.66. The lowest BCUT2D eigenvalue weighted by atomic mass is 10.5. The normalized spacial score (nSPS) is 25.9. The van der Waals surface area contributed by atoms with Crippen LogP contribution in [0.1, 0.15) is 0 Å². The summed E-state index contributed by atoms with van der Waals surface area (Å²) in [5.74, 6) is 0. The monoisotopic (exact) mass is 110 g/mol. The van der Waals surface area contributed by atoms with Gasteiger partial charge in [0.1, 0.15) is 6.20 Å². The molecule has 1 unspecified atom stereocenters. The zero-order valence-corrected chi connectivity index (χ0v) is 4.24. The van der Waals surface area contributed by atoms with Gasteiger partial charge in [-0.3, -0.25) is 0 Å². The van der Waals surface area contributed by atoms with Crippen molar-refractivity contribution in [3.05, 3.63) is 29.6 Å². The second kappa shape index (κ2) is 2.40. The van der Waals surface area contributed by atoms with E-state index in [1.165, 1.54) is 12.4 Å². The number of quaternary nitrogens is 1. The molecule has 1 heterocycles. The van der Waals surface area contributed by atoms with Crippen LogP contribution >= 0.6 is 0 Å². The topological polar surface area (TPSA) is 39.9 Å². The molecule has 1 aliphatic heterocycles. The molecule has 0 saturated carbocycles. The van der Waals surface area contributed by atoms with Crippen LogP contribution < -0.4 is 5.17 Å². The third-order valence-electron chi connectivity index (χ3n) is 0.749. The molecule has 8 heavy (non-hydrogen) atoms. The predicted octanol–water partition coefficient (Wildman–Crippen LogP) is -0.562. The number of rotatable bonds is 0. The van der Waals surface area contributed by atoms with Crippen LogP contribution in [-0.2, 0) is 0 Å².